The Labute approximate surface area is 184 Å². The second-order valence-electron chi connectivity index (χ2n) is 6.04. The van der Waals surface area contributed by atoms with E-state index in [4.69, 9.17) is 30.5 Å². The quantitative estimate of drug-likeness (QED) is 0.244. The van der Waals surface area contributed by atoms with Crippen LogP contribution in [-0.4, -0.2) is 48.0 Å². The summed E-state index contributed by atoms with van der Waals surface area (Å²) in [6, 6.07) is 11.5. The third-order valence-corrected chi connectivity index (χ3v) is 3.46. The second-order valence-corrected chi connectivity index (χ2v) is 6.04. The number of esters is 1. The Hall–Kier alpha value is -4.41. The van der Waals surface area contributed by atoms with Crippen LogP contribution in [-0.2, 0) is 14.3 Å². The molecule has 0 fully saturated rings. The van der Waals surface area contributed by atoms with Crippen molar-refractivity contribution in [1.29, 1.82) is 5.41 Å². The first-order valence-corrected chi connectivity index (χ1v) is 9.27. The largest absolute Gasteiger partial charge is 0.482 e. The number of nitrogens with one attached hydrogen (secondary N) is 3. The molecule has 170 valence electrons. The van der Waals surface area contributed by atoms with Gasteiger partial charge >= 0.3 is 12.0 Å². The van der Waals surface area contributed by atoms with Gasteiger partial charge in [0, 0.05) is 23.7 Å². The number of hydrogen-bond acceptors (Lipinski definition) is 7. The summed E-state index contributed by atoms with van der Waals surface area (Å²) in [7, 11) is 0. The van der Waals surface area contributed by atoms with Crippen molar-refractivity contribution < 1.29 is 33.8 Å². The van der Waals surface area contributed by atoms with E-state index in [0.717, 1.165) is 6.92 Å². The van der Waals surface area contributed by atoms with Gasteiger partial charge in [-0.25, -0.2) is 9.59 Å². The number of carbonyl (C=O) groups excluding carboxylic acids is 3. The van der Waals surface area contributed by atoms with Gasteiger partial charge in [0.1, 0.15) is 11.6 Å². The standard InChI is InChI=1S/C19H20N4O5.C2H4O2/c1-2-27-16(24)11-28-15-9-7-14(8-10-15)22-19(26)23-18(25)13-5-3-12(4-6-13)17(20)21;1-2(3)4/h3-10H,2,11H2,1H3,(H3,20,21)(H2,22,23,25,26);1H3,(H,3,4). The first kappa shape index (κ1) is 25.6. The zero-order valence-corrected chi connectivity index (χ0v) is 17.5. The maximum absolute atomic E-state index is 12.1. The Bertz CT molecular complexity index is 953. The van der Waals surface area contributed by atoms with Gasteiger partial charge in [0.2, 0.25) is 0 Å². The zero-order chi connectivity index (χ0) is 24.1. The highest BCUT2D eigenvalue weighted by atomic mass is 16.6. The molecule has 0 atom stereocenters. The van der Waals surface area contributed by atoms with E-state index in [0.29, 0.717) is 17.0 Å². The molecule has 2 aromatic carbocycles. The summed E-state index contributed by atoms with van der Waals surface area (Å²) in [6.45, 7) is 2.85. The molecular weight excluding hydrogens is 420 g/mol. The number of hydrogen-bond donors (Lipinski definition) is 5. The van der Waals surface area contributed by atoms with Crippen molar-refractivity contribution >= 4 is 35.4 Å². The van der Waals surface area contributed by atoms with E-state index < -0.39 is 23.9 Å². The van der Waals surface area contributed by atoms with Crippen LogP contribution in [0, 0.1) is 5.41 Å². The van der Waals surface area contributed by atoms with E-state index in [1.165, 1.54) is 24.3 Å². The molecular formula is C21H24N4O7. The number of ether oxygens (including phenoxy) is 2. The van der Waals surface area contributed by atoms with Gasteiger partial charge in [-0.15, -0.1) is 0 Å². The lowest BCUT2D eigenvalue weighted by molar-refractivity contribution is -0.145. The van der Waals surface area contributed by atoms with Crippen molar-refractivity contribution in [3.63, 3.8) is 0 Å². The number of urea groups is 1. The molecule has 0 aliphatic carbocycles. The summed E-state index contributed by atoms with van der Waals surface area (Å²) >= 11 is 0. The van der Waals surface area contributed by atoms with E-state index in [1.54, 1.807) is 31.2 Å². The Balaban J connectivity index is 0.00000118. The van der Waals surface area contributed by atoms with Gasteiger partial charge in [-0.2, -0.15) is 0 Å². The van der Waals surface area contributed by atoms with Gasteiger partial charge in [-0.3, -0.25) is 20.3 Å². The lowest BCUT2D eigenvalue weighted by Crippen LogP contribution is -2.34. The van der Waals surface area contributed by atoms with Crippen LogP contribution in [0.3, 0.4) is 0 Å². The molecule has 0 aliphatic rings. The Morgan fingerprint density at radius 3 is 2.03 bits per heavy atom. The number of amides is 3. The summed E-state index contributed by atoms with van der Waals surface area (Å²) in [4.78, 5) is 44.3. The van der Waals surface area contributed by atoms with E-state index >= 15 is 0 Å². The number of aliphatic carboxylic acids is 1. The molecule has 0 aliphatic heterocycles. The minimum absolute atomic E-state index is 0.112. The van der Waals surface area contributed by atoms with E-state index in [1.807, 2.05) is 0 Å². The Kier molecular flexibility index (Phi) is 10.4. The van der Waals surface area contributed by atoms with Gasteiger partial charge in [-0.1, -0.05) is 12.1 Å². The van der Waals surface area contributed by atoms with Crippen LogP contribution >= 0.6 is 0 Å². The minimum atomic E-state index is -0.833. The van der Waals surface area contributed by atoms with Gasteiger partial charge < -0.3 is 25.6 Å². The average Bonchev–Trinajstić information content (AvgIpc) is 2.73. The summed E-state index contributed by atoms with van der Waals surface area (Å²) < 4.78 is 10.0. The van der Waals surface area contributed by atoms with Crippen molar-refractivity contribution in [3.05, 3.63) is 59.7 Å². The number of carboxylic acid groups (broad SMARTS) is 1. The van der Waals surface area contributed by atoms with Gasteiger partial charge in [0.15, 0.2) is 6.61 Å². The van der Waals surface area contributed by atoms with Crippen LogP contribution < -0.4 is 21.1 Å². The molecule has 0 saturated heterocycles. The predicted octanol–water partition coefficient (Wildman–Crippen LogP) is 1.97. The molecule has 0 saturated carbocycles. The first-order valence-electron chi connectivity index (χ1n) is 9.27. The molecule has 0 unspecified atom stereocenters. The number of amidine groups is 1. The normalized spacial score (nSPS) is 9.44. The average molecular weight is 444 g/mol. The number of carbonyl (C=O) groups is 4. The maximum Gasteiger partial charge on any atom is 0.344 e. The van der Waals surface area contributed by atoms with E-state index in [-0.39, 0.29) is 24.6 Å². The predicted molar refractivity (Wildman–Crippen MR) is 116 cm³/mol. The van der Waals surface area contributed by atoms with Gasteiger partial charge in [0.25, 0.3) is 11.9 Å². The summed E-state index contributed by atoms with van der Waals surface area (Å²) in [5, 5.41) is 19.4. The highest BCUT2D eigenvalue weighted by Gasteiger charge is 2.11. The molecule has 32 heavy (non-hydrogen) atoms. The van der Waals surface area contributed by atoms with Crippen molar-refractivity contribution in [2.45, 2.75) is 13.8 Å². The monoisotopic (exact) mass is 444 g/mol. The molecule has 11 nitrogen and oxygen atoms in total. The van der Waals surface area contributed by atoms with Crippen molar-refractivity contribution in [2.75, 3.05) is 18.5 Å². The van der Waals surface area contributed by atoms with Gasteiger partial charge in [-0.05, 0) is 43.3 Å². The molecule has 0 aromatic heterocycles. The molecule has 2 aromatic rings. The number of benzene rings is 2. The van der Waals surface area contributed by atoms with Crippen LogP contribution in [0.25, 0.3) is 0 Å². The lowest BCUT2D eigenvalue weighted by atomic mass is 10.1. The second kappa shape index (κ2) is 13.0. The van der Waals surface area contributed by atoms with Crippen LogP contribution in [0.5, 0.6) is 5.75 Å². The summed E-state index contributed by atoms with van der Waals surface area (Å²) in [6.07, 6.45) is 0. The third kappa shape index (κ3) is 9.87. The molecule has 6 N–H and O–H groups in total. The van der Waals surface area contributed by atoms with Crippen molar-refractivity contribution in [1.82, 2.24) is 5.32 Å². The molecule has 11 heteroatoms. The maximum atomic E-state index is 12.1. The Morgan fingerprint density at radius 1 is 1.00 bits per heavy atom. The summed E-state index contributed by atoms with van der Waals surface area (Å²) in [5.41, 5.74) is 6.51. The van der Waals surface area contributed by atoms with Crippen LogP contribution in [0.1, 0.15) is 29.8 Å². The molecule has 0 spiro atoms. The fourth-order valence-electron chi connectivity index (χ4n) is 2.12. The number of anilines is 1. The third-order valence-electron chi connectivity index (χ3n) is 3.46. The molecule has 2 rings (SSSR count). The van der Waals surface area contributed by atoms with Crippen molar-refractivity contribution in [3.8, 4) is 5.75 Å². The van der Waals surface area contributed by atoms with Crippen LogP contribution in [0.4, 0.5) is 10.5 Å². The van der Waals surface area contributed by atoms with E-state index in [2.05, 4.69) is 10.6 Å². The number of imide groups is 1. The number of rotatable bonds is 7. The highest BCUT2D eigenvalue weighted by Crippen LogP contribution is 2.15. The van der Waals surface area contributed by atoms with Gasteiger partial charge in [0.05, 0.1) is 6.61 Å². The molecule has 0 bridgehead atoms. The lowest BCUT2D eigenvalue weighted by Gasteiger charge is -2.09. The number of carboxylic acids is 1. The molecule has 3 amide bonds. The van der Waals surface area contributed by atoms with Crippen LogP contribution in [0.15, 0.2) is 48.5 Å². The fourth-order valence-corrected chi connectivity index (χ4v) is 2.12. The fraction of sp³-hybridized carbons (Fsp3) is 0.190. The topological polar surface area (TPSA) is 181 Å². The zero-order valence-electron chi connectivity index (χ0n) is 17.5. The summed E-state index contributed by atoms with van der Waals surface area (Å²) in [5.74, 6) is -1.58. The van der Waals surface area contributed by atoms with Crippen LogP contribution in [0.2, 0.25) is 0 Å². The minimum Gasteiger partial charge on any atom is -0.482 e. The van der Waals surface area contributed by atoms with E-state index in [9.17, 15) is 14.4 Å². The van der Waals surface area contributed by atoms with Crippen molar-refractivity contribution in [2.24, 2.45) is 5.73 Å². The highest BCUT2D eigenvalue weighted by molar-refractivity contribution is 6.08. The molecule has 0 radical (unpaired) electrons. The number of nitrogens with two attached hydrogens (primary N) is 1. The Morgan fingerprint density at radius 2 is 1.53 bits per heavy atom. The number of nitrogen functional groups attached to an aromatic ring is 1. The smallest absolute Gasteiger partial charge is 0.344 e. The first-order chi connectivity index (χ1) is 15.1. The molecule has 0 heterocycles. The SMILES string of the molecule is CC(=O)O.CCOC(=O)COc1ccc(NC(=O)NC(=O)c2ccc(C(=N)N)cc2)cc1.